The number of nitrogens with zero attached hydrogens (tertiary/aromatic N) is 2. The van der Waals surface area contributed by atoms with E-state index >= 15 is 0 Å². The van der Waals surface area contributed by atoms with E-state index in [-0.39, 0.29) is 5.91 Å². The van der Waals surface area contributed by atoms with Crippen LogP contribution in [0.15, 0.2) is 42.7 Å². The molecular formula is C14H14N4O. The molecule has 96 valence electrons. The van der Waals surface area contributed by atoms with E-state index in [1.54, 1.807) is 10.9 Å². The van der Waals surface area contributed by atoms with Crippen molar-refractivity contribution in [1.29, 1.82) is 0 Å². The molecule has 0 aliphatic carbocycles. The van der Waals surface area contributed by atoms with Crippen molar-refractivity contribution in [2.45, 2.75) is 6.54 Å². The summed E-state index contributed by atoms with van der Waals surface area (Å²) in [5.74, 6) is -0.0855. The summed E-state index contributed by atoms with van der Waals surface area (Å²) in [4.78, 5) is 15.1. The van der Waals surface area contributed by atoms with Gasteiger partial charge in [-0.2, -0.15) is 5.10 Å². The van der Waals surface area contributed by atoms with E-state index in [0.717, 1.165) is 16.6 Å². The average molecular weight is 254 g/mol. The lowest BCUT2D eigenvalue weighted by molar-refractivity contribution is 0.0950. The van der Waals surface area contributed by atoms with E-state index in [2.05, 4.69) is 15.4 Å². The number of carbonyl (C=O) groups excluding carboxylic acids is 1. The zero-order valence-corrected chi connectivity index (χ0v) is 10.6. The molecule has 0 fully saturated rings. The van der Waals surface area contributed by atoms with E-state index in [9.17, 15) is 4.79 Å². The topological polar surface area (TPSA) is 62.7 Å². The molecule has 0 bridgehead atoms. The second-order valence-electron chi connectivity index (χ2n) is 4.42. The molecule has 0 aliphatic rings. The Kier molecular flexibility index (Phi) is 2.79. The number of benzene rings is 1. The Hall–Kier alpha value is -2.56. The first kappa shape index (κ1) is 11.5. The van der Waals surface area contributed by atoms with E-state index in [1.807, 2.05) is 43.6 Å². The van der Waals surface area contributed by atoms with Gasteiger partial charge >= 0.3 is 0 Å². The fraction of sp³-hybridized carbons (Fsp3) is 0.143. The first-order valence-electron chi connectivity index (χ1n) is 6.06. The molecule has 0 unspecified atom stereocenters. The van der Waals surface area contributed by atoms with Crippen molar-refractivity contribution in [3.63, 3.8) is 0 Å². The maximum Gasteiger partial charge on any atom is 0.251 e. The number of rotatable bonds is 3. The highest BCUT2D eigenvalue weighted by Crippen LogP contribution is 2.14. The lowest BCUT2D eigenvalue weighted by Crippen LogP contribution is -2.22. The van der Waals surface area contributed by atoms with Gasteiger partial charge in [0.05, 0.1) is 18.3 Å². The zero-order valence-electron chi connectivity index (χ0n) is 10.6. The maximum atomic E-state index is 12.1. The summed E-state index contributed by atoms with van der Waals surface area (Å²) in [6.07, 6.45) is 3.62. The molecule has 0 atom stereocenters. The van der Waals surface area contributed by atoms with Crippen molar-refractivity contribution in [3.8, 4) is 0 Å². The molecular weight excluding hydrogens is 240 g/mol. The van der Waals surface area contributed by atoms with Gasteiger partial charge in [0.25, 0.3) is 5.91 Å². The molecule has 0 aliphatic heterocycles. The molecule has 5 nitrogen and oxygen atoms in total. The van der Waals surface area contributed by atoms with Gasteiger partial charge < -0.3 is 10.3 Å². The molecule has 3 aromatic rings. The molecule has 0 saturated heterocycles. The maximum absolute atomic E-state index is 12.1. The van der Waals surface area contributed by atoms with Crippen LogP contribution in [0, 0.1) is 0 Å². The number of carbonyl (C=O) groups is 1. The molecule has 0 saturated carbocycles. The van der Waals surface area contributed by atoms with Crippen LogP contribution in [-0.2, 0) is 13.6 Å². The highest BCUT2D eigenvalue weighted by Gasteiger charge is 2.08. The Labute approximate surface area is 110 Å². The van der Waals surface area contributed by atoms with Crippen molar-refractivity contribution in [2.75, 3.05) is 0 Å². The molecule has 1 aromatic carbocycles. The lowest BCUT2D eigenvalue weighted by atomic mass is 10.1. The molecule has 0 spiro atoms. The van der Waals surface area contributed by atoms with Crippen molar-refractivity contribution in [3.05, 3.63) is 54.0 Å². The Bertz CT molecular complexity index is 712. The fourth-order valence-corrected chi connectivity index (χ4v) is 2.04. The van der Waals surface area contributed by atoms with E-state index in [1.165, 1.54) is 0 Å². The van der Waals surface area contributed by atoms with Gasteiger partial charge in [-0.05, 0) is 24.3 Å². The van der Waals surface area contributed by atoms with Gasteiger partial charge in [0, 0.05) is 29.9 Å². The van der Waals surface area contributed by atoms with Crippen LogP contribution >= 0.6 is 0 Å². The van der Waals surface area contributed by atoms with Gasteiger partial charge in [-0.1, -0.05) is 6.07 Å². The summed E-state index contributed by atoms with van der Waals surface area (Å²) in [6, 6.07) is 9.42. The number of fused-ring (bicyclic) bond motifs is 1. The molecule has 2 aromatic heterocycles. The van der Waals surface area contributed by atoms with Crippen LogP contribution in [0.1, 0.15) is 16.1 Å². The third kappa shape index (κ3) is 2.22. The number of amides is 1. The number of hydrogen-bond acceptors (Lipinski definition) is 2. The molecule has 19 heavy (non-hydrogen) atoms. The summed E-state index contributed by atoms with van der Waals surface area (Å²) in [5.41, 5.74) is 2.57. The third-order valence-corrected chi connectivity index (χ3v) is 3.11. The summed E-state index contributed by atoms with van der Waals surface area (Å²) < 4.78 is 1.76. The van der Waals surface area contributed by atoms with Crippen molar-refractivity contribution in [2.24, 2.45) is 7.05 Å². The predicted molar refractivity (Wildman–Crippen MR) is 72.7 cm³/mol. The van der Waals surface area contributed by atoms with Crippen LogP contribution in [0.25, 0.3) is 10.9 Å². The molecule has 2 N–H and O–H groups in total. The van der Waals surface area contributed by atoms with E-state index < -0.39 is 0 Å². The second-order valence-corrected chi connectivity index (χ2v) is 4.42. The number of hydrogen-bond donors (Lipinski definition) is 2. The smallest absolute Gasteiger partial charge is 0.251 e. The van der Waals surface area contributed by atoms with Crippen LogP contribution in [0.5, 0.6) is 0 Å². The molecule has 3 rings (SSSR count). The summed E-state index contributed by atoms with van der Waals surface area (Å²) in [5, 5.41) is 8.07. The minimum Gasteiger partial charge on any atom is -0.364 e. The van der Waals surface area contributed by atoms with Gasteiger partial charge in [0.2, 0.25) is 0 Å². The van der Waals surface area contributed by atoms with E-state index in [0.29, 0.717) is 12.1 Å². The first-order chi connectivity index (χ1) is 9.24. The van der Waals surface area contributed by atoms with Crippen LogP contribution in [0.3, 0.4) is 0 Å². The monoisotopic (exact) mass is 254 g/mol. The normalized spacial score (nSPS) is 10.8. The number of H-pyrrole nitrogens is 1. The SMILES string of the molecule is Cn1ncc2ccc(C(=O)NCc3ccc[nH]3)cc21. The Morgan fingerprint density at radius 3 is 3.11 bits per heavy atom. The average Bonchev–Trinajstić information content (AvgIpc) is 3.06. The minimum atomic E-state index is -0.0855. The highest BCUT2D eigenvalue weighted by molar-refractivity contribution is 5.97. The van der Waals surface area contributed by atoms with Crippen molar-refractivity contribution >= 4 is 16.8 Å². The van der Waals surface area contributed by atoms with Gasteiger partial charge in [-0.25, -0.2) is 0 Å². The number of nitrogens with one attached hydrogen (secondary N) is 2. The number of aryl methyl sites for hydroxylation is 1. The van der Waals surface area contributed by atoms with Crippen LogP contribution in [0.2, 0.25) is 0 Å². The largest absolute Gasteiger partial charge is 0.364 e. The van der Waals surface area contributed by atoms with Crippen LogP contribution < -0.4 is 5.32 Å². The zero-order chi connectivity index (χ0) is 13.2. The molecule has 1 amide bonds. The molecule has 0 radical (unpaired) electrons. The van der Waals surface area contributed by atoms with Gasteiger partial charge in [-0.15, -0.1) is 0 Å². The van der Waals surface area contributed by atoms with Gasteiger partial charge in [0.15, 0.2) is 0 Å². The Morgan fingerprint density at radius 2 is 2.32 bits per heavy atom. The van der Waals surface area contributed by atoms with Crippen molar-refractivity contribution < 1.29 is 4.79 Å². The minimum absolute atomic E-state index is 0.0855. The van der Waals surface area contributed by atoms with Crippen LogP contribution in [0.4, 0.5) is 0 Å². The Morgan fingerprint density at radius 1 is 1.42 bits per heavy atom. The van der Waals surface area contributed by atoms with E-state index in [4.69, 9.17) is 0 Å². The van der Waals surface area contributed by atoms with Gasteiger partial charge in [-0.3, -0.25) is 9.48 Å². The third-order valence-electron chi connectivity index (χ3n) is 3.11. The first-order valence-corrected chi connectivity index (χ1v) is 6.06. The lowest BCUT2D eigenvalue weighted by Gasteiger charge is -2.04. The quantitative estimate of drug-likeness (QED) is 0.749. The summed E-state index contributed by atoms with van der Waals surface area (Å²) in [7, 11) is 1.86. The molecule has 2 heterocycles. The summed E-state index contributed by atoms with van der Waals surface area (Å²) >= 11 is 0. The van der Waals surface area contributed by atoms with Gasteiger partial charge in [0.1, 0.15) is 0 Å². The van der Waals surface area contributed by atoms with Crippen LogP contribution in [-0.4, -0.2) is 20.7 Å². The number of aromatic amines is 1. The fourth-order valence-electron chi connectivity index (χ4n) is 2.04. The summed E-state index contributed by atoms with van der Waals surface area (Å²) in [6.45, 7) is 0.495. The standard InChI is InChI=1S/C14H14N4O/c1-18-13-7-10(4-5-11(13)8-17-18)14(19)16-9-12-3-2-6-15-12/h2-8,15H,9H2,1H3,(H,16,19). The Balaban J connectivity index is 1.79. The second kappa shape index (κ2) is 4.61. The highest BCUT2D eigenvalue weighted by atomic mass is 16.1. The molecule has 5 heteroatoms. The van der Waals surface area contributed by atoms with Crippen molar-refractivity contribution in [1.82, 2.24) is 20.1 Å². The predicted octanol–water partition coefficient (Wildman–Crippen LogP) is 1.83. The number of aromatic nitrogens is 3.